The number of ether oxygens (including phenoxy) is 2. The lowest BCUT2D eigenvalue weighted by atomic mass is 10.1. The van der Waals surface area contributed by atoms with Crippen LogP contribution in [-0.2, 0) is 14.3 Å². The van der Waals surface area contributed by atoms with E-state index in [1.54, 1.807) is 0 Å². The lowest BCUT2D eigenvalue weighted by Crippen LogP contribution is -2.34. The molecule has 1 fully saturated rings. The summed E-state index contributed by atoms with van der Waals surface area (Å²) in [6.07, 6.45) is 2.05. The molecule has 0 spiro atoms. The van der Waals surface area contributed by atoms with Gasteiger partial charge in [-0.05, 0) is 36.8 Å². The zero-order valence-electron chi connectivity index (χ0n) is 14.1. The zero-order valence-corrected chi connectivity index (χ0v) is 14.9. The summed E-state index contributed by atoms with van der Waals surface area (Å²) in [5.41, 5.74) is 2.95. The Morgan fingerprint density at radius 3 is 2.80 bits per heavy atom. The smallest absolute Gasteiger partial charge is 0.349 e. The summed E-state index contributed by atoms with van der Waals surface area (Å²) >= 11 is 1.32. The molecular weight excluding hydrogens is 338 g/mol. The van der Waals surface area contributed by atoms with E-state index >= 15 is 0 Å². The van der Waals surface area contributed by atoms with E-state index in [0.717, 1.165) is 36.1 Å². The van der Waals surface area contributed by atoms with E-state index in [1.165, 1.54) is 11.3 Å². The minimum absolute atomic E-state index is 0.0742. The first-order chi connectivity index (χ1) is 12.1. The van der Waals surface area contributed by atoms with E-state index in [4.69, 9.17) is 9.47 Å². The predicted molar refractivity (Wildman–Crippen MR) is 96.8 cm³/mol. The van der Waals surface area contributed by atoms with Crippen molar-refractivity contribution >= 4 is 23.2 Å². The molecule has 0 bridgehead atoms. The Kier molecular flexibility index (Phi) is 5.83. The van der Waals surface area contributed by atoms with Gasteiger partial charge in [0.1, 0.15) is 4.88 Å². The normalized spacial score (nSPS) is 16.6. The van der Waals surface area contributed by atoms with Crippen molar-refractivity contribution in [2.75, 3.05) is 19.8 Å². The summed E-state index contributed by atoms with van der Waals surface area (Å²) in [7, 11) is 0. The highest BCUT2D eigenvalue weighted by atomic mass is 32.1. The Hall–Kier alpha value is -2.18. The number of benzene rings is 1. The van der Waals surface area contributed by atoms with Crippen LogP contribution in [0.2, 0.25) is 0 Å². The molecule has 1 aliphatic rings. The van der Waals surface area contributed by atoms with Crippen LogP contribution in [0.3, 0.4) is 0 Å². The van der Waals surface area contributed by atoms with E-state index in [1.807, 2.05) is 42.6 Å². The molecular formula is C19H21NO4S. The van der Waals surface area contributed by atoms with Crippen molar-refractivity contribution in [3.05, 3.63) is 46.2 Å². The largest absolute Gasteiger partial charge is 0.451 e. The van der Waals surface area contributed by atoms with Gasteiger partial charge in [0.25, 0.3) is 5.91 Å². The SMILES string of the molecule is Cc1ccc(-c2ccsc2C(=O)OCC(=O)NC[C@H]2CCCO2)cc1. The van der Waals surface area contributed by atoms with E-state index in [2.05, 4.69) is 5.32 Å². The molecule has 1 aliphatic heterocycles. The summed E-state index contributed by atoms with van der Waals surface area (Å²) in [6.45, 7) is 2.94. The lowest BCUT2D eigenvalue weighted by Gasteiger charge is -2.11. The number of rotatable bonds is 6. The van der Waals surface area contributed by atoms with Crippen LogP contribution in [0.4, 0.5) is 0 Å². The van der Waals surface area contributed by atoms with Crippen LogP contribution in [0.25, 0.3) is 11.1 Å². The molecule has 1 aromatic heterocycles. The predicted octanol–water partition coefficient (Wildman–Crippen LogP) is 3.18. The third-order valence-corrected chi connectivity index (χ3v) is 4.99. The molecule has 3 rings (SSSR count). The van der Waals surface area contributed by atoms with Gasteiger partial charge in [0, 0.05) is 18.7 Å². The van der Waals surface area contributed by atoms with Gasteiger partial charge in [-0.25, -0.2) is 4.79 Å². The number of amides is 1. The third-order valence-electron chi connectivity index (χ3n) is 4.10. The Bertz CT molecular complexity index is 732. The monoisotopic (exact) mass is 359 g/mol. The van der Waals surface area contributed by atoms with Crippen LogP contribution in [0.15, 0.2) is 35.7 Å². The summed E-state index contributed by atoms with van der Waals surface area (Å²) in [5, 5.41) is 4.59. The van der Waals surface area contributed by atoms with Crippen molar-refractivity contribution in [2.45, 2.75) is 25.9 Å². The number of thiophene rings is 1. The van der Waals surface area contributed by atoms with Gasteiger partial charge in [-0.3, -0.25) is 4.79 Å². The van der Waals surface area contributed by atoms with E-state index in [9.17, 15) is 9.59 Å². The number of hydrogen-bond acceptors (Lipinski definition) is 5. The number of hydrogen-bond donors (Lipinski definition) is 1. The Balaban J connectivity index is 1.54. The molecule has 1 N–H and O–H groups in total. The van der Waals surface area contributed by atoms with Crippen molar-refractivity contribution in [1.82, 2.24) is 5.32 Å². The topological polar surface area (TPSA) is 64.6 Å². The Labute approximate surface area is 151 Å². The summed E-state index contributed by atoms with van der Waals surface area (Å²) in [4.78, 5) is 24.7. The molecule has 2 aromatic rings. The number of carbonyl (C=O) groups excluding carboxylic acids is 2. The molecule has 2 heterocycles. The number of aryl methyl sites for hydroxylation is 1. The fourth-order valence-electron chi connectivity index (χ4n) is 2.71. The molecule has 0 radical (unpaired) electrons. The lowest BCUT2D eigenvalue weighted by molar-refractivity contribution is -0.124. The van der Waals surface area contributed by atoms with Crippen molar-refractivity contribution in [2.24, 2.45) is 0 Å². The minimum Gasteiger partial charge on any atom is -0.451 e. The molecule has 0 unspecified atom stereocenters. The van der Waals surface area contributed by atoms with Gasteiger partial charge in [-0.2, -0.15) is 0 Å². The van der Waals surface area contributed by atoms with E-state index < -0.39 is 5.97 Å². The highest BCUT2D eigenvalue weighted by Gasteiger charge is 2.19. The van der Waals surface area contributed by atoms with E-state index in [0.29, 0.717) is 11.4 Å². The van der Waals surface area contributed by atoms with Crippen LogP contribution in [0.1, 0.15) is 28.1 Å². The second-order valence-electron chi connectivity index (χ2n) is 6.04. The molecule has 1 saturated heterocycles. The fraction of sp³-hybridized carbons (Fsp3) is 0.368. The third kappa shape index (κ3) is 4.67. The molecule has 6 heteroatoms. The van der Waals surface area contributed by atoms with Crippen LogP contribution in [0.5, 0.6) is 0 Å². The second kappa shape index (κ2) is 8.27. The zero-order chi connectivity index (χ0) is 17.6. The van der Waals surface area contributed by atoms with Gasteiger partial charge in [0.15, 0.2) is 6.61 Å². The molecule has 1 atom stereocenters. The van der Waals surface area contributed by atoms with Crippen molar-refractivity contribution in [1.29, 1.82) is 0 Å². The van der Waals surface area contributed by atoms with Crippen LogP contribution < -0.4 is 5.32 Å². The van der Waals surface area contributed by atoms with Gasteiger partial charge < -0.3 is 14.8 Å². The van der Waals surface area contributed by atoms with Crippen molar-refractivity contribution in [3.63, 3.8) is 0 Å². The van der Waals surface area contributed by atoms with Gasteiger partial charge in [-0.15, -0.1) is 11.3 Å². The number of esters is 1. The first-order valence-electron chi connectivity index (χ1n) is 8.33. The molecule has 132 valence electrons. The summed E-state index contributed by atoms with van der Waals surface area (Å²) < 4.78 is 10.6. The highest BCUT2D eigenvalue weighted by molar-refractivity contribution is 7.12. The summed E-state index contributed by atoms with van der Waals surface area (Å²) in [5.74, 6) is -0.782. The second-order valence-corrected chi connectivity index (χ2v) is 6.96. The van der Waals surface area contributed by atoms with Gasteiger partial charge in [0.05, 0.1) is 6.10 Å². The van der Waals surface area contributed by atoms with Gasteiger partial charge in [0.2, 0.25) is 0 Å². The Morgan fingerprint density at radius 1 is 1.28 bits per heavy atom. The van der Waals surface area contributed by atoms with Crippen LogP contribution >= 0.6 is 11.3 Å². The molecule has 1 amide bonds. The summed E-state index contributed by atoms with van der Waals surface area (Å²) in [6, 6.07) is 9.84. The highest BCUT2D eigenvalue weighted by Crippen LogP contribution is 2.29. The maximum atomic E-state index is 12.3. The maximum absolute atomic E-state index is 12.3. The minimum atomic E-state index is -0.474. The van der Waals surface area contributed by atoms with Gasteiger partial charge in [-0.1, -0.05) is 29.8 Å². The molecule has 0 saturated carbocycles. The molecule has 1 aromatic carbocycles. The molecule has 0 aliphatic carbocycles. The quantitative estimate of drug-likeness (QED) is 0.805. The van der Waals surface area contributed by atoms with Crippen molar-refractivity contribution in [3.8, 4) is 11.1 Å². The van der Waals surface area contributed by atoms with Gasteiger partial charge >= 0.3 is 5.97 Å². The maximum Gasteiger partial charge on any atom is 0.349 e. The average molecular weight is 359 g/mol. The fourth-order valence-corrected chi connectivity index (χ4v) is 3.52. The van der Waals surface area contributed by atoms with Crippen molar-refractivity contribution < 1.29 is 19.1 Å². The number of nitrogens with one attached hydrogen (secondary N) is 1. The van der Waals surface area contributed by atoms with Crippen LogP contribution in [0, 0.1) is 6.92 Å². The van der Waals surface area contributed by atoms with Crippen LogP contribution in [-0.4, -0.2) is 37.7 Å². The Morgan fingerprint density at radius 2 is 2.08 bits per heavy atom. The van der Waals surface area contributed by atoms with E-state index in [-0.39, 0.29) is 18.6 Å². The first-order valence-corrected chi connectivity index (χ1v) is 9.21. The molecule has 25 heavy (non-hydrogen) atoms. The number of carbonyl (C=O) groups is 2. The standard InChI is InChI=1S/C19H21NO4S/c1-13-4-6-14(7-5-13)16-8-10-25-18(16)19(22)24-12-17(21)20-11-15-3-2-9-23-15/h4-8,10,15H,2-3,9,11-12H2,1H3,(H,20,21)/t15-/m1/s1. The average Bonchev–Trinajstić information content (AvgIpc) is 3.30. The molecule has 5 nitrogen and oxygen atoms in total. The first kappa shape index (κ1) is 17.6.